The van der Waals surface area contributed by atoms with Gasteiger partial charge in [0.25, 0.3) is 5.91 Å². The van der Waals surface area contributed by atoms with Crippen molar-refractivity contribution in [3.05, 3.63) is 52.2 Å². The van der Waals surface area contributed by atoms with Gasteiger partial charge in [0, 0.05) is 32.7 Å². The van der Waals surface area contributed by atoms with Crippen LogP contribution in [0.25, 0.3) is 0 Å². The standard InChI is InChI=1S/C22H27N3O5S/c1-28-11-10-24(22(27)15-29-2)14-21(26)25-18(16-7-4-5-8-19(16)30-3)13-17(23-25)20-9-6-12-31-20/h4-9,12,18H,10-11,13-15H2,1-3H3. The third kappa shape index (κ3) is 5.49. The average molecular weight is 446 g/mol. The fraction of sp³-hybridized carbons (Fsp3) is 0.409. The van der Waals surface area contributed by atoms with Gasteiger partial charge in [-0.05, 0) is 17.5 Å². The zero-order chi connectivity index (χ0) is 22.2. The maximum atomic E-state index is 13.3. The van der Waals surface area contributed by atoms with E-state index in [0.29, 0.717) is 25.3 Å². The number of para-hydroxylation sites is 1. The van der Waals surface area contributed by atoms with E-state index in [-0.39, 0.29) is 31.0 Å². The second-order valence-electron chi connectivity index (χ2n) is 6.97. The largest absolute Gasteiger partial charge is 0.496 e. The Kier molecular flexibility index (Phi) is 8.16. The number of benzene rings is 1. The van der Waals surface area contributed by atoms with Gasteiger partial charge in [-0.2, -0.15) is 5.10 Å². The van der Waals surface area contributed by atoms with Crippen LogP contribution in [0.2, 0.25) is 0 Å². The zero-order valence-electron chi connectivity index (χ0n) is 17.9. The van der Waals surface area contributed by atoms with Crippen LogP contribution in [0.1, 0.15) is 22.9 Å². The number of amides is 2. The van der Waals surface area contributed by atoms with Gasteiger partial charge in [-0.15, -0.1) is 11.3 Å². The van der Waals surface area contributed by atoms with E-state index in [1.165, 1.54) is 17.0 Å². The summed E-state index contributed by atoms with van der Waals surface area (Å²) >= 11 is 1.58. The second-order valence-corrected chi connectivity index (χ2v) is 7.91. The van der Waals surface area contributed by atoms with Gasteiger partial charge in [-0.1, -0.05) is 24.3 Å². The third-order valence-electron chi connectivity index (χ3n) is 4.98. The highest BCUT2D eigenvalue weighted by atomic mass is 32.1. The van der Waals surface area contributed by atoms with Gasteiger partial charge in [0.2, 0.25) is 5.91 Å². The topological polar surface area (TPSA) is 80.7 Å². The molecule has 0 saturated heterocycles. The molecule has 1 aliphatic rings. The highest BCUT2D eigenvalue weighted by molar-refractivity contribution is 7.12. The van der Waals surface area contributed by atoms with Gasteiger partial charge < -0.3 is 19.1 Å². The van der Waals surface area contributed by atoms with Crippen molar-refractivity contribution < 1.29 is 23.8 Å². The number of hydrogen-bond acceptors (Lipinski definition) is 7. The number of methoxy groups -OCH3 is 3. The number of ether oxygens (including phenoxy) is 3. The van der Waals surface area contributed by atoms with Crippen molar-refractivity contribution in [1.82, 2.24) is 9.91 Å². The van der Waals surface area contributed by atoms with Crippen molar-refractivity contribution in [3.63, 3.8) is 0 Å². The predicted molar refractivity (Wildman–Crippen MR) is 118 cm³/mol. The van der Waals surface area contributed by atoms with Gasteiger partial charge in [0.15, 0.2) is 0 Å². The van der Waals surface area contributed by atoms with Crippen LogP contribution in [-0.2, 0) is 19.1 Å². The lowest BCUT2D eigenvalue weighted by Crippen LogP contribution is -2.44. The first-order valence-corrected chi connectivity index (χ1v) is 10.8. The molecule has 2 aromatic rings. The van der Waals surface area contributed by atoms with Crippen LogP contribution in [-0.4, -0.2) is 75.1 Å². The summed E-state index contributed by atoms with van der Waals surface area (Å²) in [5.41, 5.74) is 1.71. The molecule has 1 aliphatic heterocycles. The van der Waals surface area contributed by atoms with E-state index in [4.69, 9.17) is 14.2 Å². The van der Waals surface area contributed by atoms with Crippen molar-refractivity contribution >= 4 is 28.9 Å². The van der Waals surface area contributed by atoms with Crippen molar-refractivity contribution in [1.29, 1.82) is 0 Å². The number of hydrogen-bond donors (Lipinski definition) is 0. The minimum absolute atomic E-state index is 0.101. The van der Waals surface area contributed by atoms with Gasteiger partial charge in [-0.25, -0.2) is 5.01 Å². The lowest BCUT2D eigenvalue weighted by Gasteiger charge is -2.27. The first-order chi connectivity index (χ1) is 15.1. The Balaban J connectivity index is 1.88. The molecule has 166 valence electrons. The van der Waals surface area contributed by atoms with E-state index in [1.54, 1.807) is 25.6 Å². The molecule has 2 heterocycles. The molecule has 3 rings (SSSR count). The van der Waals surface area contributed by atoms with Crippen molar-refractivity contribution in [2.75, 3.05) is 47.6 Å². The summed E-state index contributed by atoms with van der Waals surface area (Å²) in [6.45, 7) is 0.399. The van der Waals surface area contributed by atoms with Gasteiger partial charge in [0.05, 0.1) is 30.3 Å². The summed E-state index contributed by atoms with van der Waals surface area (Å²) in [7, 11) is 4.61. The Morgan fingerprint density at radius 3 is 2.65 bits per heavy atom. The second kappa shape index (κ2) is 11.0. The third-order valence-corrected chi connectivity index (χ3v) is 5.90. The van der Waals surface area contributed by atoms with Crippen LogP contribution in [0, 0.1) is 0 Å². The van der Waals surface area contributed by atoms with E-state index in [9.17, 15) is 9.59 Å². The molecule has 0 N–H and O–H groups in total. The molecule has 9 heteroatoms. The summed E-state index contributed by atoms with van der Waals surface area (Å²) in [6, 6.07) is 11.2. The maximum Gasteiger partial charge on any atom is 0.262 e. The van der Waals surface area contributed by atoms with Gasteiger partial charge in [-0.3, -0.25) is 9.59 Å². The van der Waals surface area contributed by atoms with Crippen LogP contribution < -0.4 is 4.74 Å². The quantitative estimate of drug-likeness (QED) is 0.562. The Morgan fingerprint density at radius 1 is 1.16 bits per heavy atom. The van der Waals surface area contributed by atoms with Crippen LogP contribution in [0.3, 0.4) is 0 Å². The molecule has 0 bridgehead atoms. The molecule has 31 heavy (non-hydrogen) atoms. The van der Waals surface area contributed by atoms with Gasteiger partial charge in [0.1, 0.15) is 18.9 Å². The molecule has 1 aromatic carbocycles. The molecule has 8 nitrogen and oxygen atoms in total. The normalized spacial score (nSPS) is 15.6. The minimum atomic E-state index is -0.317. The monoisotopic (exact) mass is 445 g/mol. The molecular weight excluding hydrogens is 418 g/mol. The van der Waals surface area contributed by atoms with E-state index in [1.807, 2.05) is 41.8 Å². The Labute approximate surface area is 186 Å². The van der Waals surface area contributed by atoms with E-state index >= 15 is 0 Å². The predicted octanol–water partition coefficient (Wildman–Crippen LogP) is 2.56. The van der Waals surface area contributed by atoms with Crippen LogP contribution in [0.15, 0.2) is 46.9 Å². The van der Waals surface area contributed by atoms with Crippen LogP contribution in [0.5, 0.6) is 5.75 Å². The van der Waals surface area contributed by atoms with Crippen LogP contribution >= 0.6 is 11.3 Å². The van der Waals surface area contributed by atoms with Crippen molar-refractivity contribution in [3.8, 4) is 5.75 Å². The number of thiophene rings is 1. The number of carbonyl (C=O) groups excluding carboxylic acids is 2. The van der Waals surface area contributed by atoms with E-state index in [0.717, 1.165) is 16.2 Å². The lowest BCUT2D eigenvalue weighted by molar-refractivity contribution is -0.144. The minimum Gasteiger partial charge on any atom is -0.496 e. The highest BCUT2D eigenvalue weighted by Crippen LogP contribution is 2.38. The first kappa shape index (κ1) is 22.9. The van der Waals surface area contributed by atoms with E-state index < -0.39 is 0 Å². The van der Waals surface area contributed by atoms with Gasteiger partial charge >= 0.3 is 0 Å². The maximum absolute atomic E-state index is 13.3. The fourth-order valence-corrected chi connectivity index (χ4v) is 4.18. The summed E-state index contributed by atoms with van der Waals surface area (Å²) in [4.78, 5) is 28.2. The van der Waals surface area contributed by atoms with E-state index in [2.05, 4.69) is 5.10 Å². The molecule has 0 spiro atoms. The summed E-state index contributed by atoms with van der Waals surface area (Å²) in [5.74, 6) is 0.144. The number of rotatable bonds is 10. The smallest absolute Gasteiger partial charge is 0.262 e. The molecule has 2 amide bonds. The molecule has 0 radical (unpaired) electrons. The average Bonchev–Trinajstić information content (AvgIpc) is 3.46. The molecule has 1 unspecified atom stereocenters. The van der Waals surface area contributed by atoms with Crippen molar-refractivity contribution in [2.24, 2.45) is 5.10 Å². The summed E-state index contributed by atoms with van der Waals surface area (Å²) < 4.78 is 15.6. The number of carbonyl (C=O) groups is 2. The molecule has 1 aromatic heterocycles. The highest BCUT2D eigenvalue weighted by Gasteiger charge is 2.36. The number of hydrazone groups is 1. The van der Waals surface area contributed by atoms with Crippen LogP contribution in [0.4, 0.5) is 0 Å². The zero-order valence-corrected chi connectivity index (χ0v) is 18.8. The molecule has 0 aliphatic carbocycles. The molecule has 1 atom stereocenters. The molecular formula is C22H27N3O5S. The molecule has 0 fully saturated rings. The summed E-state index contributed by atoms with van der Waals surface area (Å²) in [6.07, 6.45) is 0.566. The number of nitrogens with zero attached hydrogens (tertiary/aromatic N) is 3. The van der Waals surface area contributed by atoms with Crippen molar-refractivity contribution in [2.45, 2.75) is 12.5 Å². The first-order valence-electron chi connectivity index (χ1n) is 9.91. The summed E-state index contributed by atoms with van der Waals surface area (Å²) in [5, 5.41) is 8.12. The Morgan fingerprint density at radius 2 is 1.97 bits per heavy atom. The fourth-order valence-electron chi connectivity index (χ4n) is 3.46. The Hall–Kier alpha value is -2.75. The molecule has 0 saturated carbocycles. The Bertz CT molecular complexity index is 916. The lowest BCUT2D eigenvalue weighted by atomic mass is 10.00. The SMILES string of the molecule is COCCN(CC(=O)N1N=C(c2cccs2)CC1c1ccccc1OC)C(=O)COC.